The Balaban J connectivity index is 2.72. The van der Waals surface area contributed by atoms with E-state index in [1.54, 1.807) is 0 Å². The van der Waals surface area contributed by atoms with Crippen molar-refractivity contribution in [3.8, 4) is 0 Å². The van der Waals surface area contributed by atoms with Crippen molar-refractivity contribution >= 4 is 5.97 Å². The molecule has 1 rings (SSSR count). The Morgan fingerprint density at radius 1 is 1.82 bits per heavy atom. The number of nitrogens with one attached hydrogen (secondary N) is 1. The first-order valence-corrected chi connectivity index (χ1v) is 4.06. The van der Waals surface area contributed by atoms with Gasteiger partial charge in [0.1, 0.15) is 6.04 Å². The lowest BCUT2D eigenvalue weighted by atomic mass is 9.80. The van der Waals surface area contributed by atoms with E-state index in [0.29, 0.717) is 0 Å². The summed E-state index contributed by atoms with van der Waals surface area (Å²) in [5, 5.41) is 11.8. The average molecular weight is 157 g/mol. The Kier molecular flexibility index (Phi) is 2.18. The van der Waals surface area contributed by atoms with Gasteiger partial charge in [0.15, 0.2) is 0 Å². The van der Waals surface area contributed by atoms with Crippen LogP contribution in [0.2, 0.25) is 0 Å². The molecular formula is C8H15NO2. The first kappa shape index (κ1) is 8.53. The molecular weight excluding hydrogens is 142 g/mol. The minimum absolute atomic E-state index is 0.0359. The molecule has 0 aliphatic carbocycles. The lowest BCUT2D eigenvalue weighted by Gasteiger charge is -2.26. The molecule has 1 aliphatic rings. The lowest BCUT2D eigenvalue weighted by molar-refractivity contribution is -0.141. The summed E-state index contributed by atoms with van der Waals surface area (Å²) in [6.07, 6.45) is 1.90. The summed E-state index contributed by atoms with van der Waals surface area (Å²) in [4.78, 5) is 10.7. The van der Waals surface area contributed by atoms with E-state index in [1.165, 1.54) is 0 Å². The van der Waals surface area contributed by atoms with E-state index in [2.05, 4.69) is 5.32 Å². The van der Waals surface area contributed by atoms with Gasteiger partial charge in [0.05, 0.1) is 0 Å². The van der Waals surface area contributed by atoms with E-state index in [-0.39, 0.29) is 11.5 Å². The normalized spacial score (nSPS) is 37.5. The molecule has 0 radical (unpaired) electrons. The third kappa shape index (κ3) is 1.38. The van der Waals surface area contributed by atoms with Crippen LogP contribution in [-0.4, -0.2) is 23.7 Å². The topological polar surface area (TPSA) is 49.3 Å². The lowest BCUT2D eigenvalue weighted by Crippen LogP contribution is -2.41. The summed E-state index contributed by atoms with van der Waals surface area (Å²) in [7, 11) is 0. The fourth-order valence-electron chi connectivity index (χ4n) is 1.66. The molecule has 0 aromatic heterocycles. The van der Waals surface area contributed by atoms with Crippen LogP contribution in [0.3, 0.4) is 0 Å². The Bertz CT molecular complexity index is 169. The Morgan fingerprint density at radius 3 is 2.82 bits per heavy atom. The number of aliphatic carboxylic acids is 1. The van der Waals surface area contributed by atoms with E-state index in [1.807, 2.05) is 13.8 Å². The summed E-state index contributed by atoms with van der Waals surface area (Å²) >= 11 is 0. The van der Waals surface area contributed by atoms with Crippen molar-refractivity contribution in [2.24, 2.45) is 5.41 Å². The van der Waals surface area contributed by atoms with Gasteiger partial charge in [-0.2, -0.15) is 0 Å². The van der Waals surface area contributed by atoms with Gasteiger partial charge in [-0.25, -0.2) is 0 Å². The van der Waals surface area contributed by atoms with Gasteiger partial charge in [0.25, 0.3) is 0 Å². The molecule has 0 saturated carbocycles. The number of hydrogen-bond acceptors (Lipinski definition) is 2. The monoisotopic (exact) mass is 157 g/mol. The molecule has 0 aromatic rings. The van der Waals surface area contributed by atoms with E-state index < -0.39 is 5.97 Å². The van der Waals surface area contributed by atoms with Crippen molar-refractivity contribution in [1.82, 2.24) is 5.32 Å². The molecule has 0 spiro atoms. The third-order valence-electron chi connectivity index (χ3n) is 2.80. The zero-order chi connectivity index (χ0) is 8.48. The van der Waals surface area contributed by atoms with E-state index >= 15 is 0 Å². The van der Waals surface area contributed by atoms with Crippen LogP contribution in [-0.2, 0) is 4.79 Å². The molecule has 1 fully saturated rings. The third-order valence-corrected chi connectivity index (χ3v) is 2.80. The van der Waals surface area contributed by atoms with Gasteiger partial charge >= 0.3 is 5.97 Å². The van der Waals surface area contributed by atoms with Crippen molar-refractivity contribution in [3.63, 3.8) is 0 Å². The molecule has 1 saturated heterocycles. The molecule has 0 amide bonds. The molecule has 64 valence electrons. The Labute approximate surface area is 66.8 Å². The predicted octanol–water partition coefficient (Wildman–Crippen LogP) is 0.849. The fraction of sp³-hybridized carbons (Fsp3) is 0.875. The van der Waals surface area contributed by atoms with Crippen LogP contribution in [0.15, 0.2) is 0 Å². The highest BCUT2D eigenvalue weighted by atomic mass is 16.4. The largest absolute Gasteiger partial charge is 0.480 e. The highest BCUT2D eigenvalue weighted by Crippen LogP contribution is 2.33. The summed E-state index contributed by atoms with van der Waals surface area (Å²) in [6, 6.07) is -0.340. The minimum atomic E-state index is -0.716. The molecule has 0 bridgehead atoms. The standard InChI is InChI=1S/C8H15NO2/c1-3-8(2)4-5-9-6(8)7(10)11/h6,9H,3-5H2,1-2H3,(H,10,11). The van der Waals surface area contributed by atoms with E-state index in [9.17, 15) is 4.79 Å². The second-order valence-electron chi connectivity index (χ2n) is 3.48. The SMILES string of the molecule is CCC1(C)CCNC1C(=O)O. The second kappa shape index (κ2) is 2.81. The van der Waals surface area contributed by atoms with Crippen LogP contribution in [0.1, 0.15) is 26.7 Å². The molecule has 1 aliphatic heterocycles. The maximum absolute atomic E-state index is 10.7. The maximum atomic E-state index is 10.7. The van der Waals surface area contributed by atoms with Crippen molar-refractivity contribution < 1.29 is 9.90 Å². The first-order chi connectivity index (χ1) is 5.10. The molecule has 11 heavy (non-hydrogen) atoms. The first-order valence-electron chi connectivity index (χ1n) is 4.06. The van der Waals surface area contributed by atoms with Crippen molar-refractivity contribution in [1.29, 1.82) is 0 Å². The molecule has 1 heterocycles. The van der Waals surface area contributed by atoms with E-state index in [4.69, 9.17) is 5.11 Å². The summed E-state index contributed by atoms with van der Waals surface area (Å²) in [6.45, 7) is 4.91. The average Bonchev–Trinajstić information content (AvgIpc) is 2.32. The van der Waals surface area contributed by atoms with Crippen molar-refractivity contribution in [2.45, 2.75) is 32.7 Å². The number of carboxylic acid groups (broad SMARTS) is 1. The van der Waals surface area contributed by atoms with Gasteiger partial charge in [0.2, 0.25) is 0 Å². The van der Waals surface area contributed by atoms with Crippen LogP contribution < -0.4 is 5.32 Å². The minimum Gasteiger partial charge on any atom is -0.480 e. The van der Waals surface area contributed by atoms with Crippen LogP contribution >= 0.6 is 0 Å². The predicted molar refractivity (Wildman–Crippen MR) is 42.4 cm³/mol. The number of carbonyl (C=O) groups is 1. The van der Waals surface area contributed by atoms with Gasteiger partial charge in [-0.05, 0) is 24.8 Å². The molecule has 3 nitrogen and oxygen atoms in total. The van der Waals surface area contributed by atoms with Gasteiger partial charge < -0.3 is 10.4 Å². The van der Waals surface area contributed by atoms with Gasteiger partial charge in [-0.1, -0.05) is 13.8 Å². The molecule has 3 heteroatoms. The zero-order valence-corrected chi connectivity index (χ0v) is 7.05. The summed E-state index contributed by atoms with van der Waals surface area (Å²) < 4.78 is 0. The van der Waals surface area contributed by atoms with Crippen LogP contribution in [0.25, 0.3) is 0 Å². The van der Waals surface area contributed by atoms with Gasteiger partial charge in [0, 0.05) is 0 Å². The molecule has 2 unspecified atom stereocenters. The second-order valence-corrected chi connectivity index (χ2v) is 3.48. The summed E-state index contributed by atoms with van der Waals surface area (Å²) in [5.74, 6) is -0.716. The van der Waals surface area contributed by atoms with Gasteiger partial charge in [-0.3, -0.25) is 4.79 Å². The molecule has 2 atom stereocenters. The highest BCUT2D eigenvalue weighted by molar-refractivity contribution is 5.75. The number of rotatable bonds is 2. The van der Waals surface area contributed by atoms with Crippen LogP contribution in [0.5, 0.6) is 0 Å². The number of carboxylic acids is 1. The van der Waals surface area contributed by atoms with Crippen molar-refractivity contribution in [3.05, 3.63) is 0 Å². The van der Waals surface area contributed by atoms with Crippen LogP contribution in [0.4, 0.5) is 0 Å². The smallest absolute Gasteiger partial charge is 0.321 e. The highest BCUT2D eigenvalue weighted by Gasteiger charge is 2.41. The molecule has 0 aromatic carbocycles. The van der Waals surface area contributed by atoms with Crippen LogP contribution in [0, 0.1) is 5.41 Å². The summed E-state index contributed by atoms with van der Waals surface area (Å²) in [5.41, 5.74) is -0.0359. The van der Waals surface area contributed by atoms with Gasteiger partial charge in [-0.15, -0.1) is 0 Å². The fourth-order valence-corrected chi connectivity index (χ4v) is 1.66. The number of hydrogen-bond donors (Lipinski definition) is 2. The maximum Gasteiger partial charge on any atom is 0.321 e. The Hall–Kier alpha value is -0.570. The quantitative estimate of drug-likeness (QED) is 0.624. The Morgan fingerprint density at radius 2 is 2.45 bits per heavy atom. The van der Waals surface area contributed by atoms with Crippen molar-refractivity contribution in [2.75, 3.05) is 6.54 Å². The molecule has 2 N–H and O–H groups in total. The van der Waals surface area contributed by atoms with E-state index in [0.717, 1.165) is 19.4 Å². The zero-order valence-electron chi connectivity index (χ0n) is 7.05.